The van der Waals surface area contributed by atoms with Crippen LogP contribution in [-0.2, 0) is 4.79 Å². The van der Waals surface area contributed by atoms with Gasteiger partial charge in [0, 0.05) is 13.0 Å². The predicted molar refractivity (Wildman–Crippen MR) is 59.9 cm³/mol. The molecule has 0 rings (SSSR count). The lowest BCUT2D eigenvalue weighted by Crippen LogP contribution is -2.29. The molecule has 0 saturated heterocycles. The van der Waals surface area contributed by atoms with Gasteiger partial charge in [0.1, 0.15) is 0 Å². The van der Waals surface area contributed by atoms with Crippen LogP contribution in [0.25, 0.3) is 0 Å². The van der Waals surface area contributed by atoms with Crippen molar-refractivity contribution >= 4 is 5.91 Å². The van der Waals surface area contributed by atoms with Gasteiger partial charge in [0.05, 0.1) is 0 Å². The zero-order chi connectivity index (χ0) is 11.0. The van der Waals surface area contributed by atoms with E-state index in [1.165, 1.54) is 0 Å². The minimum atomic E-state index is 0.142. The van der Waals surface area contributed by atoms with Gasteiger partial charge in [-0.1, -0.05) is 20.8 Å². The van der Waals surface area contributed by atoms with E-state index in [4.69, 9.17) is 5.73 Å². The predicted octanol–water partition coefficient (Wildman–Crippen LogP) is 1.52. The first-order valence-electron chi connectivity index (χ1n) is 5.56. The van der Waals surface area contributed by atoms with Gasteiger partial charge in [-0.15, -0.1) is 0 Å². The van der Waals surface area contributed by atoms with Gasteiger partial charge in [-0.05, 0) is 31.2 Å². The van der Waals surface area contributed by atoms with Crippen molar-refractivity contribution in [2.24, 2.45) is 17.6 Å². The molecule has 0 aromatic carbocycles. The molecule has 1 amide bonds. The Morgan fingerprint density at radius 1 is 1.43 bits per heavy atom. The summed E-state index contributed by atoms with van der Waals surface area (Å²) >= 11 is 0. The third-order valence-electron chi connectivity index (χ3n) is 2.18. The molecular formula is C11H24N2O. The summed E-state index contributed by atoms with van der Waals surface area (Å²) in [4.78, 5) is 11.4. The Bertz CT molecular complexity index is 157. The number of amides is 1. The maximum absolute atomic E-state index is 11.4. The summed E-state index contributed by atoms with van der Waals surface area (Å²) in [5.41, 5.74) is 5.62. The number of nitrogens with two attached hydrogens (primary N) is 1. The minimum absolute atomic E-state index is 0.142. The fourth-order valence-corrected chi connectivity index (χ4v) is 1.53. The molecule has 0 aromatic rings. The number of hydrogen-bond donors (Lipinski definition) is 2. The Morgan fingerprint density at radius 2 is 2.07 bits per heavy atom. The van der Waals surface area contributed by atoms with E-state index in [0.717, 1.165) is 19.4 Å². The first-order chi connectivity index (χ1) is 6.60. The highest BCUT2D eigenvalue weighted by atomic mass is 16.1. The van der Waals surface area contributed by atoms with Crippen LogP contribution in [0.3, 0.4) is 0 Å². The molecule has 0 bridgehead atoms. The summed E-state index contributed by atoms with van der Waals surface area (Å²) in [6.07, 6.45) is 2.61. The van der Waals surface area contributed by atoms with Crippen molar-refractivity contribution in [1.29, 1.82) is 0 Å². The average Bonchev–Trinajstić information content (AvgIpc) is 2.12. The molecule has 0 aliphatic rings. The molecule has 0 aromatic heterocycles. The van der Waals surface area contributed by atoms with Crippen molar-refractivity contribution in [1.82, 2.24) is 5.32 Å². The van der Waals surface area contributed by atoms with E-state index in [0.29, 0.717) is 24.8 Å². The van der Waals surface area contributed by atoms with Gasteiger partial charge in [0.2, 0.25) is 5.91 Å². The van der Waals surface area contributed by atoms with Gasteiger partial charge in [-0.25, -0.2) is 0 Å². The van der Waals surface area contributed by atoms with Crippen LogP contribution in [0, 0.1) is 11.8 Å². The van der Waals surface area contributed by atoms with Crippen molar-refractivity contribution < 1.29 is 4.79 Å². The summed E-state index contributed by atoms with van der Waals surface area (Å²) in [6, 6.07) is 0. The van der Waals surface area contributed by atoms with Gasteiger partial charge < -0.3 is 11.1 Å². The first kappa shape index (κ1) is 13.4. The van der Waals surface area contributed by atoms with Crippen molar-refractivity contribution in [3.8, 4) is 0 Å². The van der Waals surface area contributed by atoms with E-state index >= 15 is 0 Å². The second kappa shape index (κ2) is 7.80. The molecule has 14 heavy (non-hydrogen) atoms. The van der Waals surface area contributed by atoms with Gasteiger partial charge in [0.25, 0.3) is 0 Å². The molecule has 0 saturated carbocycles. The molecule has 3 heteroatoms. The van der Waals surface area contributed by atoms with Crippen LogP contribution in [-0.4, -0.2) is 19.0 Å². The molecule has 0 aliphatic carbocycles. The summed E-state index contributed by atoms with van der Waals surface area (Å²) in [5, 5.41) is 2.88. The number of hydrogen-bond acceptors (Lipinski definition) is 2. The van der Waals surface area contributed by atoms with Crippen molar-refractivity contribution in [2.45, 2.75) is 40.0 Å². The first-order valence-corrected chi connectivity index (χ1v) is 5.56. The molecular weight excluding hydrogens is 176 g/mol. The van der Waals surface area contributed by atoms with Crippen molar-refractivity contribution in [3.05, 3.63) is 0 Å². The maximum atomic E-state index is 11.4. The van der Waals surface area contributed by atoms with Crippen molar-refractivity contribution in [3.63, 3.8) is 0 Å². The van der Waals surface area contributed by atoms with Gasteiger partial charge in [-0.3, -0.25) is 4.79 Å². The van der Waals surface area contributed by atoms with Crippen LogP contribution < -0.4 is 11.1 Å². The maximum Gasteiger partial charge on any atom is 0.220 e. The summed E-state index contributed by atoms with van der Waals surface area (Å²) in [6.45, 7) is 7.75. The van der Waals surface area contributed by atoms with Crippen LogP contribution in [0.2, 0.25) is 0 Å². The van der Waals surface area contributed by atoms with E-state index in [1.807, 2.05) is 0 Å². The quantitative estimate of drug-likeness (QED) is 0.654. The Hall–Kier alpha value is -0.570. The molecule has 1 atom stereocenters. The molecule has 3 N–H and O–H groups in total. The second-order valence-electron chi connectivity index (χ2n) is 4.29. The fourth-order valence-electron chi connectivity index (χ4n) is 1.53. The van der Waals surface area contributed by atoms with E-state index in [-0.39, 0.29) is 5.91 Å². The zero-order valence-electron chi connectivity index (χ0n) is 9.68. The normalized spacial score (nSPS) is 12.9. The van der Waals surface area contributed by atoms with Crippen LogP contribution in [0.4, 0.5) is 0 Å². The highest BCUT2D eigenvalue weighted by Crippen LogP contribution is 2.13. The lowest BCUT2D eigenvalue weighted by molar-refractivity contribution is -0.122. The van der Waals surface area contributed by atoms with E-state index in [9.17, 15) is 4.79 Å². The largest absolute Gasteiger partial charge is 0.356 e. The third kappa shape index (κ3) is 6.89. The SMILES string of the molecule is CCCNC(=O)CC(CN)CC(C)C. The van der Waals surface area contributed by atoms with E-state index in [1.54, 1.807) is 0 Å². The van der Waals surface area contributed by atoms with Crippen LogP contribution in [0.1, 0.15) is 40.0 Å². The van der Waals surface area contributed by atoms with Crippen LogP contribution in [0.15, 0.2) is 0 Å². The zero-order valence-corrected chi connectivity index (χ0v) is 9.68. The number of rotatable bonds is 7. The Labute approximate surface area is 87.4 Å². The molecule has 0 radical (unpaired) electrons. The van der Waals surface area contributed by atoms with Gasteiger partial charge in [0.15, 0.2) is 0 Å². The van der Waals surface area contributed by atoms with Crippen molar-refractivity contribution in [2.75, 3.05) is 13.1 Å². The molecule has 84 valence electrons. The van der Waals surface area contributed by atoms with E-state index < -0.39 is 0 Å². The van der Waals surface area contributed by atoms with E-state index in [2.05, 4.69) is 26.1 Å². The highest BCUT2D eigenvalue weighted by Gasteiger charge is 2.13. The molecule has 0 aliphatic heterocycles. The average molecular weight is 200 g/mol. The Morgan fingerprint density at radius 3 is 2.50 bits per heavy atom. The smallest absolute Gasteiger partial charge is 0.220 e. The van der Waals surface area contributed by atoms with Crippen LogP contribution >= 0.6 is 0 Å². The standard InChI is InChI=1S/C11H24N2O/c1-4-5-13-11(14)7-10(8-12)6-9(2)3/h9-10H,4-8,12H2,1-3H3,(H,13,14). The number of carbonyl (C=O) groups is 1. The Kier molecular flexibility index (Phi) is 7.48. The molecule has 1 unspecified atom stereocenters. The highest BCUT2D eigenvalue weighted by molar-refractivity contribution is 5.76. The third-order valence-corrected chi connectivity index (χ3v) is 2.18. The van der Waals surface area contributed by atoms with Gasteiger partial charge >= 0.3 is 0 Å². The summed E-state index contributed by atoms with van der Waals surface area (Å²) < 4.78 is 0. The number of carbonyl (C=O) groups excluding carboxylic acids is 1. The molecule has 0 spiro atoms. The molecule has 3 nitrogen and oxygen atoms in total. The summed E-state index contributed by atoms with van der Waals surface area (Å²) in [7, 11) is 0. The lowest BCUT2D eigenvalue weighted by Gasteiger charge is -2.16. The molecule has 0 heterocycles. The van der Waals surface area contributed by atoms with Crippen LogP contribution in [0.5, 0.6) is 0 Å². The summed E-state index contributed by atoms with van der Waals surface area (Å²) in [5.74, 6) is 1.09. The monoisotopic (exact) mass is 200 g/mol. The topological polar surface area (TPSA) is 55.1 Å². The minimum Gasteiger partial charge on any atom is -0.356 e. The van der Waals surface area contributed by atoms with Gasteiger partial charge in [-0.2, -0.15) is 0 Å². The lowest BCUT2D eigenvalue weighted by atomic mass is 9.94. The number of nitrogens with one attached hydrogen (secondary N) is 1. The molecule has 0 fully saturated rings. The fraction of sp³-hybridized carbons (Fsp3) is 0.909. The second-order valence-corrected chi connectivity index (χ2v) is 4.29. The Balaban J connectivity index is 3.74.